The van der Waals surface area contributed by atoms with Gasteiger partial charge in [0, 0.05) is 11.6 Å². The van der Waals surface area contributed by atoms with Gasteiger partial charge < -0.3 is 10.1 Å². The number of fused-ring (bicyclic) bond motifs is 1. The number of primary sulfonamides is 1. The Kier molecular flexibility index (Phi) is 4.14. The van der Waals surface area contributed by atoms with E-state index >= 15 is 0 Å². The van der Waals surface area contributed by atoms with Gasteiger partial charge in [0.05, 0.1) is 10.9 Å². The van der Waals surface area contributed by atoms with E-state index in [0.29, 0.717) is 6.61 Å². The molecule has 3 rings (SSSR count). The van der Waals surface area contributed by atoms with E-state index in [1.54, 1.807) is 12.1 Å². The maximum Gasteiger partial charge on any atom is 0.238 e. The molecule has 23 heavy (non-hydrogen) atoms. The number of benzene rings is 2. The first-order chi connectivity index (χ1) is 10.8. The van der Waals surface area contributed by atoms with Crippen molar-refractivity contribution in [2.75, 3.05) is 6.61 Å². The Labute approximate surface area is 136 Å². The van der Waals surface area contributed by atoms with Gasteiger partial charge in [0.25, 0.3) is 0 Å². The van der Waals surface area contributed by atoms with Crippen LogP contribution >= 0.6 is 0 Å². The van der Waals surface area contributed by atoms with Crippen LogP contribution in [0.25, 0.3) is 0 Å². The highest BCUT2D eigenvalue weighted by atomic mass is 32.2. The molecule has 0 fully saturated rings. The molecule has 1 heterocycles. The molecule has 0 amide bonds. The molecule has 0 bridgehead atoms. The number of ether oxygens (including phenoxy) is 1. The van der Waals surface area contributed by atoms with Gasteiger partial charge in [-0.05, 0) is 37.6 Å². The Bertz CT molecular complexity index is 816. The molecular weight excluding hydrogens is 312 g/mol. The molecule has 3 N–H and O–H groups in total. The summed E-state index contributed by atoms with van der Waals surface area (Å²) in [5.74, 6) is 0.921. The topological polar surface area (TPSA) is 81.4 Å². The highest BCUT2D eigenvalue weighted by Gasteiger charge is 2.25. The van der Waals surface area contributed by atoms with Gasteiger partial charge in [0.1, 0.15) is 12.4 Å². The van der Waals surface area contributed by atoms with Crippen LogP contribution in [0.15, 0.2) is 47.4 Å². The maximum atomic E-state index is 11.3. The standard InChI is InChI=1S/C17H20N2O3S/c1-11-3-8-17-15(9-11)16(10-22-17)19-12(2)13-4-6-14(7-5-13)23(18,20)21/h3-9,12,16,19H,10H2,1-2H3,(H2,18,20,21)/t12-,16+/m1/s1. The molecule has 2 atom stereocenters. The molecule has 0 saturated carbocycles. The third-order valence-electron chi connectivity index (χ3n) is 4.11. The fraction of sp³-hybridized carbons (Fsp3) is 0.294. The van der Waals surface area contributed by atoms with Crippen LogP contribution in [-0.2, 0) is 10.0 Å². The Morgan fingerprint density at radius 1 is 1.22 bits per heavy atom. The molecule has 0 aliphatic carbocycles. The van der Waals surface area contributed by atoms with Crippen LogP contribution in [0, 0.1) is 6.92 Å². The zero-order chi connectivity index (χ0) is 16.6. The molecule has 2 aromatic carbocycles. The van der Waals surface area contributed by atoms with Crippen molar-refractivity contribution in [2.45, 2.75) is 30.8 Å². The summed E-state index contributed by atoms with van der Waals surface area (Å²) >= 11 is 0. The molecule has 0 aromatic heterocycles. The van der Waals surface area contributed by atoms with Gasteiger partial charge in [-0.2, -0.15) is 0 Å². The third kappa shape index (κ3) is 3.39. The zero-order valence-electron chi connectivity index (χ0n) is 13.1. The first-order valence-electron chi connectivity index (χ1n) is 7.47. The average molecular weight is 332 g/mol. The fourth-order valence-electron chi connectivity index (χ4n) is 2.82. The number of sulfonamides is 1. The van der Waals surface area contributed by atoms with Crippen molar-refractivity contribution in [1.29, 1.82) is 0 Å². The quantitative estimate of drug-likeness (QED) is 0.901. The van der Waals surface area contributed by atoms with Crippen LogP contribution in [0.2, 0.25) is 0 Å². The molecule has 0 saturated heterocycles. The Balaban J connectivity index is 1.76. The Hall–Kier alpha value is -1.89. The summed E-state index contributed by atoms with van der Waals surface area (Å²) in [6, 6.07) is 13.0. The predicted octanol–water partition coefficient (Wildman–Crippen LogP) is 2.43. The van der Waals surface area contributed by atoms with Gasteiger partial charge in [-0.15, -0.1) is 0 Å². The number of aryl methyl sites for hydroxylation is 1. The Morgan fingerprint density at radius 3 is 2.57 bits per heavy atom. The first kappa shape index (κ1) is 16.0. The fourth-order valence-corrected chi connectivity index (χ4v) is 3.33. The predicted molar refractivity (Wildman–Crippen MR) is 88.8 cm³/mol. The van der Waals surface area contributed by atoms with E-state index in [-0.39, 0.29) is 17.0 Å². The molecule has 5 nitrogen and oxygen atoms in total. The molecule has 6 heteroatoms. The van der Waals surface area contributed by atoms with E-state index in [4.69, 9.17) is 9.88 Å². The maximum absolute atomic E-state index is 11.3. The van der Waals surface area contributed by atoms with Crippen molar-refractivity contribution in [3.8, 4) is 5.75 Å². The van der Waals surface area contributed by atoms with Gasteiger partial charge in [-0.3, -0.25) is 0 Å². The third-order valence-corrected chi connectivity index (χ3v) is 5.04. The molecular formula is C17H20N2O3S. The van der Waals surface area contributed by atoms with Crippen LogP contribution in [0.1, 0.15) is 35.7 Å². The minimum absolute atomic E-state index is 0.0598. The molecule has 0 radical (unpaired) electrons. The van der Waals surface area contributed by atoms with E-state index in [1.807, 2.05) is 19.1 Å². The highest BCUT2D eigenvalue weighted by molar-refractivity contribution is 7.89. The lowest BCUT2D eigenvalue weighted by Gasteiger charge is -2.19. The van der Waals surface area contributed by atoms with Gasteiger partial charge in [-0.1, -0.05) is 29.8 Å². The van der Waals surface area contributed by atoms with Crippen LogP contribution in [0.4, 0.5) is 0 Å². The number of hydrogen-bond donors (Lipinski definition) is 2. The summed E-state index contributed by atoms with van der Waals surface area (Å²) in [6.45, 7) is 4.70. The summed E-state index contributed by atoms with van der Waals surface area (Å²) < 4.78 is 28.3. The van der Waals surface area contributed by atoms with Crippen LogP contribution in [-0.4, -0.2) is 15.0 Å². The number of hydrogen-bond acceptors (Lipinski definition) is 4. The normalized spacial score (nSPS) is 18.3. The summed E-state index contributed by atoms with van der Waals surface area (Å²) in [5.41, 5.74) is 3.36. The van der Waals surface area contributed by atoms with Crippen molar-refractivity contribution in [1.82, 2.24) is 5.32 Å². The van der Waals surface area contributed by atoms with Gasteiger partial charge in [0.15, 0.2) is 0 Å². The minimum Gasteiger partial charge on any atom is -0.491 e. The van der Waals surface area contributed by atoms with Crippen molar-refractivity contribution < 1.29 is 13.2 Å². The molecule has 0 unspecified atom stereocenters. The van der Waals surface area contributed by atoms with Crippen molar-refractivity contribution >= 4 is 10.0 Å². The van der Waals surface area contributed by atoms with E-state index in [9.17, 15) is 8.42 Å². The zero-order valence-corrected chi connectivity index (χ0v) is 13.9. The van der Waals surface area contributed by atoms with Crippen LogP contribution in [0.5, 0.6) is 5.75 Å². The highest BCUT2D eigenvalue weighted by Crippen LogP contribution is 2.34. The lowest BCUT2D eigenvalue weighted by Crippen LogP contribution is -2.25. The summed E-state index contributed by atoms with van der Waals surface area (Å²) in [7, 11) is -3.65. The molecule has 2 aromatic rings. The van der Waals surface area contributed by atoms with E-state index in [0.717, 1.165) is 16.9 Å². The van der Waals surface area contributed by atoms with E-state index in [1.165, 1.54) is 17.7 Å². The van der Waals surface area contributed by atoms with Gasteiger partial charge >= 0.3 is 0 Å². The molecule has 1 aliphatic heterocycles. The summed E-state index contributed by atoms with van der Waals surface area (Å²) in [5, 5.41) is 8.65. The number of nitrogens with two attached hydrogens (primary N) is 1. The Morgan fingerprint density at radius 2 is 1.91 bits per heavy atom. The molecule has 0 spiro atoms. The van der Waals surface area contributed by atoms with Crippen molar-refractivity contribution in [3.63, 3.8) is 0 Å². The first-order valence-corrected chi connectivity index (χ1v) is 9.01. The number of rotatable bonds is 4. The number of nitrogens with one attached hydrogen (secondary N) is 1. The van der Waals surface area contributed by atoms with E-state index in [2.05, 4.69) is 18.3 Å². The van der Waals surface area contributed by atoms with Crippen molar-refractivity contribution in [2.24, 2.45) is 5.14 Å². The van der Waals surface area contributed by atoms with Crippen LogP contribution in [0.3, 0.4) is 0 Å². The average Bonchev–Trinajstić information content (AvgIpc) is 2.89. The lowest BCUT2D eigenvalue weighted by atomic mass is 10.0. The smallest absolute Gasteiger partial charge is 0.238 e. The second kappa shape index (κ2) is 5.96. The largest absolute Gasteiger partial charge is 0.491 e. The SMILES string of the molecule is Cc1ccc2c(c1)[C@@H](N[C@H](C)c1ccc(S(N)(=O)=O)cc1)CO2. The minimum atomic E-state index is -3.65. The monoisotopic (exact) mass is 332 g/mol. The van der Waals surface area contributed by atoms with Gasteiger partial charge in [0.2, 0.25) is 10.0 Å². The molecule has 122 valence electrons. The second-order valence-corrected chi connectivity index (χ2v) is 7.47. The summed E-state index contributed by atoms with van der Waals surface area (Å²) in [6.07, 6.45) is 0. The second-order valence-electron chi connectivity index (χ2n) is 5.91. The lowest BCUT2D eigenvalue weighted by molar-refractivity contribution is 0.301. The van der Waals surface area contributed by atoms with Gasteiger partial charge in [-0.25, -0.2) is 13.6 Å². The van der Waals surface area contributed by atoms with Crippen LogP contribution < -0.4 is 15.2 Å². The van der Waals surface area contributed by atoms with Crippen molar-refractivity contribution in [3.05, 3.63) is 59.2 Å². The molecule has 1 aliphatic rings. The summed E-state index contributed by atoms with van der Waals surface area (Å²) in [4.78, 5) is 0.124. The van der Waals surface area contributed by atoms with E-state index < -0.39 is 10.0 Å².